The van der Waals surface area contributed by atoms with Gasteiger partial charge < -0.3 is 10.2 Å². The van der Waals surface area contributed by atoms with Gasteiger partial charge in [-0.2, -0.15) is 16.1 Å². The van der Waals surface area contributed by atoms with E-state index in [2.05, 4.69) is 61.5 Å². The fourth-order valence-corrected chi connectivity index (χ4v) is 6.14. The molecule has 6 atom stereocenters. The molecule has 0 spiro atoms. The molecule has 2 amide bonds. The summed E-state index contributed by atoms with van der Waals surface area (Å²) in [5.74, 6) is 1.46. The lowest BCUT2D eigenvalue weighted by molar-refractivity contribution is -0.0301. The molecule has 4 aliphatic rings. The van der Waals surface area contributed by atoms with E-state index in [1.165, 1.54) is 32.1 Å². The molecule has 9 heteroatoms. The minimum atomic E-state index is 0.116. The summed E-state index contributed by atoms with van der Waals surface area (Å²) in [6, 6.07) is 0.993. The van der Waals surface area contributed by atoms with Gasteiger partial charge in [0, 0.05) is 43.1 Å². The van der Waals surface area contributed by atoms with Gasteiger partial charge in [0.05, 0.1) is 0 Å². The summed E-state index contributed by atoms with van der Waals surface area (Å²) in [4.78, 5) is 17.8. The molecule has 2 saturated heterocycles. The fraction of sp³-hybridized carbons (Fsp3) is 0.952. The Morgan fingerprint density at radius 1 is 1.10 bits per heavy atom. The third-order valence-corrected chi connectivity index (χ3v) is 9.08. The van der Waals surface area contributed by atoms with Crippen molar-refractivity contribution in [2.75, 3.05) is 26.2 Å². The monoisotopic (exact) mass is 485 g/mol. The summed E-state index contributed by atoms with van der Waals surface area (Å²) in [5.41, 5.74) is 9.87. The Morgan fingerprint density at radius 2 is 1.90 bits per heavy atom. The topological polar surface area (TPSA) is 74.9 Å². The molecule has 172 valence electrons. The van der Waals surface area contributed by atoms with Crippen LogP contribution in [0.3, 0.4) is 0 Å². The fourth-order valence-electron chi connectivity index (χ4n) is 5.66. The number of nitrogens with zero attached hydrogens (tertiary/aromatic N) is 3. The smallest absolute Gasteiger partial charge is 0.317 e. The lowest BCUT2D eigenvalue weighted by Gasteiger charge is -2.43. The van der Waals surface area contributed by atoms with E-state index in [9.17, 15) is 4.79 Å². The van der Waals surface area contributed by atoms with Crippen LogP contribution in [0.15, 0.2) is 0 Å². The minimum absolute atomic E-state index is 0.116. The average molecular weight is 487 g/mol. The first-order chi connectivity index (χ1) is 14.5. The van der Waals surface area contributed by atoms with Crippen molar-refractivity contribution in [3.8, 4) is 0 Å². The number of hydrogen-bond acceptors (Lipinski definition) is 6. The molecule has 0 aromatic heterocycles. The SMILES string of the molecule is CCC1CCCC(N2NNNC2N2CCN(C(=O)NC3CCC(Br)C(C)C3)CC2)C1. The quantitative estimate of drug-likeness (QED) is 0.458. The highest BCUT2D eigenvalue weighted by Gasteiger charge is 2.38. The highest BCUT2D eigenvalue weighted by molar-refractivity contribution is 9.09. The van der Waals surface area contributed by atoms with Crippen LogP contribution in [-0.4, -0.2) is 70.2 Å². The minimum Gasteiger partial charge on any atom is -0.335 e. The van der Waals surface area contributed by atoms with Crippen LogP contribution in [0.5, 0.6) is 0 Å². The van der Waals surface area contributed by atoms with E-state index in [1.54, 1.807) is 0 Å². The Kier molecular flexibility index (Phi) is 7.91. The number of nitrogens with one attached hydrogen (secondary N) is 4. The van der Waals surface area contributed by atoms with E-state index in [0.717, 1.165) is 51.4 Å². The molecule has 4 fully saturated rings. The number of halogens is 1. The van der Waals surface area contributed by atoms with E-state index in [0.29, 0.717) is 22.8 Å². The predicted molar refractivity (Wildman–Crippen MR) is 122 cm³/mol. The molecule has 4 rings (SSSR count). The Hall–Kier alpha value is -0.450. The highest BCUT2D eigenvalue weighted by atomic mass is 79.9. The van der Waals surface area contributed by atoms with Crippen LogP contribution in [0.25, 0.3) is 0 Å². The molecule has 2 aliphatic heterocycles. The second kappa shape index (κ2) is 10.4. The van der Waals surface area contributed by atoms with Crippen molar-refractivity contribution in [3.63, 3.8) is 0 Å². The molecule has 8 nitrogen and oxygen atoms in total. The molecular weight excluding hydrogens is 446 g/mol. The van der Waals surface area contributed by atoms with Crippen molar-refractivity contribution in [3.05, 3.63) is 0 Å². The van der Waals surface area contributed by atoms with Crippen LogP contribution in [-0.2, 0) is 0 Å². The second-order valence-corrected chi connectivity index (χ2v) is 10.9. The van der Waals surface area contributed by atoms with E-state index < -0.39 is 0 Å². The van der Waals surface area contributed by atoms with E-state index in [4.69, 9.17) is 0 Å². The van der Waals surface area contributed by atoms with Gasteiger partial charge in [0.1, 0.15) is 6.29 Å². The van der Waals surface area contributed by atoms with Crippen molar-refractivity contribution in [1.29, 1.82) is 0 Å². The van der Waals surface area contributed by atoms with Gasteiger partial charge in [0.25, 0.3) is 0 Å². The zero-order chi connectivity index (χ0) is 21.1. The number of amides is 2. The number of rotatable bonds is 4. The number of hydrazine groups is 3. The number of hydrogen-bond donors (Lipinski definition) is 4. The highest BCUT2D eigenvalue weighted by Crippen LogP contribution is 2.31. The van der Waals surface area contributed by atoms with Gasteiger partial charge in [0.15, 0.2) is 0 Å². The van der Waals surface area contributed by atoms with Gasteiger partial charge in [-0.3, -0.25) is 4.90 Å². The lowest BCUT2D eigenvalue weighted by Crippen LogP contribution is -2.62. The van der Waals surface area contributed by atoms with Gasteiger partial charge in [0.2, 0.25) is 0 Å². The third kappa shape index (κ3) is 5.30. The van der Waals surface area contributed by atoms with Gasteiger partial charge in [-0.05, 0) is 43.9 Å². The lowest BCUT2D eigenvalue weighted by atomic mass is 9.84. The Balaban J connectivity index is 1.25. The molecule has 2 heterocycles. The van der Waals surface area contributed by atoms with Gasteiger partial charge in [-0.1, -0.05) is 49.0 Å². The molecule has 2 saturated carbocycles. The molecule has 0 aromatic carbocycles. The Labute approximate surface area is 189 Å². The summed E-state index contributed by atoms with van der Waals surface area (Å²) < 4.78 is 0. The molecule has 2 aliphatic carbocycles. The van der Waals surface area contributed by atoms with Crippen molar-refractivity contribution in [1.82, 2.24) is 36.6 Å². The van der Waals surface area contributed by atoms with E-state index in [-0.39, 0.29) is 12.3 Å². The van der Waals surface area contributed by atoms with Crippen LogP contribution < -0.4 is 21.8 Å². The number of urea groups is 1. The first-order valence-corrected chi connectivity index (χ1v) is 12.9. The Morgan fingerprint density at radius 3 is 2.63 bits per heavy atom. The van der Waals surface area contributed by atoms with Gasteiger partial charge in [-0.15, -0.1) is 0 Å². The number of alkyl halides is 1. The predicted octanol–water partition coefficient (Wildman–Crippen LogP) is 2.35. The van der Waals surface area contributed by atoms with Gasteiger partial charge >= 0.3 is 6.03 Å². The first-order valence-electron chi connectivity index (χ1n) is 12.0. The number of piperazine rings is 1. The summed E-state index contributed by atoms with van der Waals surface area (Å²) in [6.45, 7) is 7.93. The molecule has 0 radical (unpaired) electrons. The largest absolute Gasteiger partial charge is 0.335 e. The van der Waals surface area contributed by atoms with Crippen molar-refractivity contribution in [2.45, 2.75) is 88.4 Å². The van der Waals surface area contributed by atoms with Gasteiger partial charge in [-0.25, -0.2) is 10.2 Å². The van der Waals surface area contributed by atoms with Crippen LogP contribution >= 0.6 is 15.9 Å². The van der Waals surface area contributed by atoms with Crippen LogP contribution in [0.4, 0.5) is 4.79 Å². The van der Waals surface area contributed by atoms with Crippen LogP contribution in [0.1, 0.15) is 65.2 Å². The Bertz CT molecular complexity index is 574. The third-order valence-electron chi connectivity index (χ3n) is 7.72. The normalized spacial score (nSPS) is 39.2. The summed E-state index contributed by atoms with van der Waals surface area (Å²) >= 11 is 3.75. The van der Waals surface area contributed by atoms with E-state index >= 15 is 0 Å². The summed E-state index contributed by atoms with van der Waals surface area (Å²) in [6.07, 6.45) is 9.91. The van der Waals surface area contributed by atoms with Crippen LogP contribution in [0.2, 0.25) is 0 Å². The maximum absolute atomic E-state index is 12.8. The van der Waals surface area contributed by atoms with E-state index in [1.807, 2.05) is 4.90 Å². The first kappa shape index (κ1) is 22.7. The molecule has 0 aromatic rings. The molecule has 6 unspecified atom stereocenters. The maximum Gasteiger partial charge on any atom is 0.317 e. The number of carbonyl (C=O) groups is 1. The zero-order valence-electron chi connectivity index (χ0n) is 18.6. The average Bonchev–Trinajstić information content (AvgIpc) is 3.26. The summed E-state index contributed by atoms with van der Waals surface area (Å²) in [7, 11) is 0. The van der Waals surface area contributed by atoms with Crippen molar-refractivity contribution in [2.24, 2.45) is 11.8 Å². The molecular formula is C21H40BrN7O. The summed E-state index contributed by atoms with van der Waals surface area (Å²) in [5, 5.41) is 5.67. The second-order valence-electron chi connectivity index (χ2n) is 9.73. The standard InChI is InChI=1S/C21H40BrN7O/c1-3-16-5-4-6-18(14-16)29-20(24-25-26-29)27-9-11-28(12-10-27)21(30)23-17-7-8-19(22)15(2)13-17/h15-20,24-26H,3-14H2,1-2H3,(H,23,30). The zero-order valence-corrected chi connectivity index (χ0v) is 20.2. The molecule has 30 heavy (non-hydrogen) atoms. The van der Waals surface area contributed by atoms with Crippen molar-refractivity contribution >= 4 is 22.0 Å². The molecule has 4 N–H and O–H groups in total. The maximum atomic E-state index is 12.8. The molecule has 0 bridgehead atoms. The van der Waals surface area contributed by atoms with Crippen LogP contribution in [0, 0.1) is 11.8 Å². The van der Waals surface area contributed by atoms with Crippen molar-refractivity contribution < 1.29 is 4.79 Å². The number of carbonyl (C=O) groups excluding carboxylic acids is 1.